The fraction of sp³-hybridized carbons (Fsp3) is 0.280. The van der Waals surface area contributed by atoms with E-state index in [9.17, 15) is 9.59 Å². The molecular weight excluding hydrogens is 394 g/mol. The van der Waals surface area contributed by atoms with E-state index in [4.69, 9.17) is 14.2 Å². The zero-order chi connectivity index (χ0) is 22.1. The van der Waals surface area contributed by atoms with Gasteiger partial charge in [-0.2, -0.15) is 0 Å². The number of esters is 1. The van der Waals surface area contributed by atoms with Crippen LogP contribution >= 0.6 is 0 Å². The molecule has 0 saturated heterocycles. The minimum absolute atomic E-state index is 0.0469. The number of benzene rings is 2. The van der Waals surface area contributed by atoms with Crippen LogP contribution in [0, 0.1) is 27.7 Å². The number of fused-ring (bicyclic) bond motifs is 1. The summed E-state index contributed by atoms with van der Waals surface area (Å²) in [6.07, 6.45) is -0.898. The van der Waals surface area contributed by atoms with Crippen LogP contribution in [0.3, 0.4) is 0 Å². The molecule has 0 saturated carbocycles. The number of para-hydroxylation sites is 2. The molecule has 0 N–H and O–H groups in total. The highest BCUT2D eigenvalue weighted by Gasteiger charge is 2.29. The van der Waals surface area contributed by atoms with Gasteiger partial charge in [0, 0.05) is 22.6 Å². The molecule has 1 aliphatic rings. The van der Waals surface area contributed by atoms with Crippen LogP contribution in [0.15, 0.2) is 48.5 Å². The first-order chi connectivity index (χ1) is 14.8. The van der Waals surface area contributed by atoms with Crippen molar-refractivity contribution in [2.24, 2.45) is 0 Å². The highest BCUT2D eigenvalue weighted by Crippen LogP contribution is 2.31. The number of Topliss-reactive ketones (excluding diaryl/α,β-unsaturated/α-hetero) is 1. The van der Waals surface area contributed by atoms with Crippen molar-refractivity contribution < 1.29 is 23.8 Å². The van der Waals surface area contributed by atoms with Crippen molar-refractivity contribution in [3.8, 4) is 17.2 Å². The van der Waals surface area contributed by atoms with Crippen LogP contribution in [0.2, 0.25) is 0 Å². The minimum atomic E-state index is -0.898. The van der Waals surface area contributed by atoms with E-state index in [1.54, 1.807) is 18.2 Å². The number of hydrogen-bond donors (Lipinski definition) is 0. The van der Waals surface area contributed by atoms with Crippen molar-refractivity contribution in [2.45, 2.75) is 33.8 Å². The van der Waals surface area contributed by atoms with E-state index in [1.165, 1.54) is 0 Å². The molecular formula is C25H25NO5. The topological polar surface area (TPSA) is 66.8 Å². The van der Waals surface area contributed by atoms with Crippen molar-refractivity contribution >= 4 is 11.8 Å². The van der Waals surface area contributed by atoms with E-state index >= 15 is 0 Å². The first-order valence-corrected chi connectivity index (χ1v) is 10.2. The summed E-state index contributed by atoms with van der Waals surface area (Å²) < 4.78 is 18.5. The van der Waals surface area contributed by atoms with Crippen molar-refractivity contribution in [2.75, 3.05) is 13.2 Å². The molecule has 0 radical (unpaired) electrons. The summed E-state index contributed by atoms with van der Waals surface area (Å²) >= 11 is 0. The van der Waals surface area contributed by atoms with E-state index in [0.29, 0.717) is 17.1 Å². The Balaban J connectivity index is 1.45. The van der Waals surface area contributed by atoms with Gasteiger partial charge in [0.05, 0.1) is 0 Å². The first kappa shape index (κ1) is 20.7. The number of ether oxygens (including phenoxy) is 3. The molecule has 0 fully saturated rings. The second-order valence-corrected chi connectivity index (χ2v) is 7.86. The van der Waals surface area contributed by atoms with E-state index in [0.717, 1.165) is 28.2 Å². The third-order valence-electron chi connectivity index (χ3n) is 5.31. The van der Waals surface area contributed by atoms with Gasteiger partial charge in [-0.05, 0) is 69.2 Å². The second kappa shape index (κ2) is 8.30. The van der Waals surface area contributed by atoms with Crippen LogP contribution in [0.4, 0.5) is 0 Å². The monoisotopic (exact) mass is 419 g/mol. The van der Waals surface area contributed by atoms with Crippen LogP contribution < -0.4 is 9.47 Å². The van der Waals surface area contributed by atoms with Gasteiger partial charge in [-0.25, -0.2) is 4.79 Å². The molecule has 1 atom stereocenters. The molecule has 0 aliphatic carbocycles. The number of nitrogens with zero attached hydrogens (tertiary/aromatic N) is 1. The summed E-state index contributed by atoms with van der Waals surface area (Å²) in [5.74, 6) is 0.195. The van der Waals surface area contributed by atoms with Crippen molar-refractivity contribution in [1.29, 1.82) is 0 Å². The molecule has 3 aromatic rings. The van der Waals surface area contributed by atoms with E-state index < -0.39 is 12.1 Å². The van der Waals surface area contributed by atoms with Crippen LogP contribution in [-0.2, 0) is 9.53 Å². The molecule has 1 aromatic heterocycles. The van der Waals surface area contributed by atoms with Gasteiger partial charge in [-0.3, -0.25) is 4.79 Å². The fourth-order valence-electron chi connectivity index (χ4n) is 3.97. The molecule has 2 aromatic carbocycles. The summed E-state index contributed by atoms with van der Waals surface area (Å²) in [6.45, 7) is 7.65. The number of rotatable bonds is 5. The molecule has 2 heterocycles. The zero-order valence-corrected chi connectivity index (χ0v) is 18.1. The molecule has 31 heavy (non-hydrogen) atoms. The van der Waals surface area contributed by atoms with Gasteiger partial charge in [0.2, 0.25) is 11.9 Å². The Kier molecular flexibility index (Phi) is 5.55. The molecule has 6 heteroatoms. The minimum Gasteiger partial charge on any atom is -0.485 e. The molecule has 1 aliphatic heterocycles. The highest BCUT2D eigenvalue weighted by atomic mass is 16.6. The summed E-state index contributed by atoms with van der Waals surface area (Å²) in [5, 5.41) is 0. The molecule has 0 bridgehead atoms. The lowest BCUT2D eigenvalue weighted by molar-refractivity contribution is -0.153. The normalized spacial score (nSPS) is 14.9. The van der Waals surface area contributed by atoms with Crippen molar-refractivity contribution in [3.63, 3.8) is 0 Å². The molecule has 0 amide bonds. The van der Waals surface area contributed by atoms with Gasteiger partial charge in [-0.1, -0.05) is 18.2 Å². The molecule has 0 unspecified atom stereocenters. The Morgan fingerprint density at radius 3 is 2.39 bits per heavy atom. The van der Waals surface area contributed by atoms with Crippen molar-refractivity contribution in [1.82, 2.24) is 4.57 Å². The van der Waals surface area contributed by atoms with E-state index in [2.05, 4.69) is 18.2 Å². The summed E-state index contributed by atoms with van der Waals surface area (Å²) in [5.41, 5.74) is 5.61. The lowest BCUT2D eigenvalue weighted by Crippen LogP contribution is -2.38. The molecule has 4 rings (SSSR count). The van der Waals surface area contributed by atoms with Crippen LogP contribution in [0.1, 0.15) is 32.9 Å². The van der Waals surface area contributed by atoms with E-state index in [-0.39, 0.29) is 19.0 Å². The fourth-order valence-corrected chi connectivity index (χ4v) is 3.97. The lowest BCUT2D eigenvalue weighted by Gasteiger charge is -2.24. The Labute approximate surface area is 181 Å². The number of aromatic nitrogens is 1. The van der Waals surface area contributed by atoms with Gasteiger partial charge < -0.3 is 18.8 Å². The maximum Gasteiger partial charge on any atom is 0.351 e. The second-order valence-electron chi connectivity index (χ2n) is 7.86. The average molecular weight is 419 g/mol. The summed E-state index contributed by atoms with van der Waals surface area (Å²) in [4.78, 5) is 25.2. The summed E-state index contributed by atoms with van der Waals surface area (Å²) in [7, 11) is 0. The number of aryl methyl sites for hydroxylation is 3. The quantitative estimate of drug-likeness (QED) is 0.456. The number of hydrogen-bond acceptors (Lipinski definition) is 5. The lowest BCUT2D eigenvalue weighted by atomic mass is 10.1. The highest BCUT2D eigenvalue weighted by molar-refractivity contribution is 5.99. The molecule has 160 valence electrons. The predicted molar refractivity (Wildman–Crippen MR) is 116 cm³/mol. The van der Waals surface area contributed by atoms with Gasteiger partial charge in [0.15, 0.2) is 18.1 Å². The van der Waals surface area contributed by atoms with Crippen LogP contribution in [0.25, 0.3) is 5.69 Å². The maximum absolute atomic E-state index is 12.8. The molecule has 0 spiro atoms. The Morgan fingerprint density at radius 1 is 1.00 bits per heavy atom. The maximum atomic E-state index is 12.8. The van der Waals surface area contributed by atoms with Crippen LogP contribution in [0.5, 0.6) is 11.5 Å². The molecule has 6 nitrogen and oxygen atoms in total. The Hall–Kier alpha value is -3.54. The third-order valence-corrected chi connectivity index (χ3v) is 5.31. The smallest absolute Gasteiger partial charge is 0.351 e. The Morgan fingerprint density at radius 2 is 1.68 bits per heavy atom. The SMILES string of the molecule is Cc1cc(C)cc(-n2c(C)cc(C(=O)COC(=O)[C@@H]3COc4ccccc4O3)c2C)c1. The van der Waals surface area contributed by atoms with Gasteiger partial charge in [0.1, 0.15) is 6.61 Å². The zero-order valence-electron chi connectivity index (χ0n) is 18.1. The number of ketones is 1. The number of carbonyl (C=O) groups excluding carboxylic acids is 2. The predicted octanol–water partition coefficient (Wildman–Crippen LogP) is 4.28. The Bertz CT molecular complexity index is 1140. The number of carbonyl (C=O) groups is 2. The first-order valence-electron chi connectivity index (χ1n) is 10.2. The van der Waals surface area contributed by atoms with Crippen molar-refractivity contribution in [3.05, 3.63) is 76.6 Å². The van der Waals surface area contributed by atoms with Gasteiger partial charge in [0.25, 0.3) is 0 Å². The summed E-state index contributed by atoms with van der Waals surface area (Å²) in [6, 6.07) is 15.2. The van der Waals surface area contributed by atoms with Gasteiger partial charge >= 0.3 is 5.97 Å². The standard InChI is InChI=1S/C25H25NO5/c1-15-9-16(2)11-19(10-15)26-17(3)12-20(18(26)4)21(27)13-30-25(28)24-14-29-22-7-5-6-8-23(22)31-24/h5-12,24H,13-14H2,1-4H3/t24-/m0/s1. The van der Waals surface area contributed by atoms with Crippen LogP contribution in [-0.4, -0.2) is 35.6 Å². The largest absolute Gasteiger partial charge is 0.485 e. The van der Waals surface area contributed by atoms with Gasteiger partial charge in [-0.15, -0.1) is 0 Å². The average Bonchev–Trinajstić information content (AvgIpc) is 3.04. The third kappa shape index (κ3) is 4.19. The van der Waals surface area contributed by atoms with E-state index in [1.807, 2.05) is 44.4 Å².